The molecule has 1 aromatic rings. The maximum absolute atomic E-state index is 11.7. The Morgan fingerprint density at radius 1 is 1.60 bits per heavy atom. The minimum Gasteiger partial charge on any atom is -0.368 e. The van der Waals surface area contributed by atoms with Crippen molar-refractivity contribution in [1.82, 2.24) is 0 Å². The molecule has 82 valence electrons. The van der Waals surface area contributed by atoms with Gasteiger partial charge in [0.15, 0.2) is 0 Å². The van der Waals surface area contributed by atoms with E-state index in [1.54, 1.807) is 11.3 Å². The molecule has 1 aliphatic heterocycles. The second kappa shape index (κ2) is 4.33. The molecule has 0 radical (unpaired) electrons. The number of rotatable bonds is 2. The van der Waals surface area contributed by atoms with E-state index in [9.17, 15) is 4.79 Å². The maximum atomic E-state index is 11.7. The molecule has 2 rings (SSSR count). The lowest BCUT2D eigenvalue weighted by Crippen LogP contribution is -2.26. The first-order valence-corrected chi connectivity index (χ1v) is 5.98. The van der Waals surface area contributed by atoms with Crippen LogP contribution in [0.25, 0.3) is 0 Å². The highest BCUT2D eigenvalue weighted by atomic mass is 32.1. The van der Waals surface area contributed by atoms with Gasteiger partial charge in [0, 0.05) is 11.5 Å². The molecule has 0 bridgehead atoms. The van der Waals surface area contributed by atoms with Crippen LogP contribution in [0.1, 0.15) is 23.3 Å². The zero-order valence-corrected chi connectivity index (χ0v) is 9.82. The number of anilines is 1. The summed E-state index contributed by atoms with van der Waals surface area (Å²) < 4.78 is 5.32. The number of nitrogens with one attached hydrogen (secondary N) is 1. The fourth-order valence-corrected chi connectivity index (χ4v) is 2.56. The lowest BCUT2D eigenvalue weighted by Gasteiger charge is -2.08. The third-order valence-corrected chi connectivity index (χ3v) is 3.70. The Bertz CT molecular complexity index is 347. The van der Waals surface area contributed by atoms with Crippen molar-refractivity contribution in [2.45, 2.75) is 32.8 Å². The maximum Gasteiger partial charge on any atom is 0.254 e. The van der Waals surface area contributed by atoms with E-state index in [4.69, 9.17) is 4.74 Å². The van der Waals surface area contributed by atoms with Gasteiger partial charge in [0.05, 0.1) is 5.00 Å². The van der Waals surface area contributed by atoms with Crippen LogP contribution in [0.3, 0.4) is 0 Å². The van der Waals surface area contributed by atoms with Crippen molar-refractivity contribution in [3.05, 3.63) is 16.5 Å². The van der Waals surface area contributed by atoms with Gasteiger partial charge in [-0.2, -0.15) is 0 Å². The molecular formula is C11H15NO2S. The lowest BCUT2D eigenvalue weighted by molar-refractivity contribution is -0.124. The van der Waals surface area contributed by atoms with Gasteiger partial charge in [0.25, 0.3) is 5.91 Å². The number of ether oxygens (including phenoxy) is 1. The average molecular weight is 225 g/mol. The van der Waals surface area contributed by atoms with Crippen molar-refractivity contribution in [1.29, 1.82) is 0 Å². The predicted octanol–water partition coefficient (Wildman–Crippen LogP) is 2.48. The predicted molar refractivity (Wildman–Crippen MR) is 61.4 cm³/mol. The first kappa shape index (κ1) is 10.6. The van der Waals surface area contributed by atoms with Gasteiger partial charge in [-0.1, -0.05) is 0 Å². The van der Waals surface area contributed by atoms with Crippen molar-refractivity contribution in [3.8, 4) is 0 Å². The Kier molecular flexibility index (Phi) is 3.07. The molecular weight excluding hydrogens is 210 g/mol. The van der Waals surface area contributed by atoms with Gasteiger partial charge < -0.3 is 10.1 Å². The van der Waals surface area contributed by atoms with Crippen LogP contribution in [0.15, 0.2) is 6.07 Å². The van der Waals surface area contributed by atoms with Crippen LogP contribution in [0.4, 0.5) is 5.00 Å². The van der Waals surface area contributed by atoms with Gasteiger partial charge >= 0.3 is 0 Å². The summed E-state index contributed by atoms with van der Waals surface area (Å²) in [5.41, 5.74) is 1.22. The highest BCUT2D eigenvalue weighted by molar-refractivity contribution is 7.16. The monoisotopic (exact) mass is 225 g/mol. The summed E-state index contributed by atoms with van der Waals surface area (Å²) in [7, 11) is 0. The SMILES string of the molecule is Cc1cc(NC(=O)C2CCCO2)sc1C. The third kappa shape index (κ3) is 2.38. The first-order valence-electron chi connectivity index (χ1n) is 5.16. The Hall–Kier alpha value is -0.870. The molecule has 1 unspecified atom stereocenters. The van der Waals surface area contributed by atoms with Crippen molar-refractivity contribution < 1.29 is 9.53 Å². The number of thiophene rings is 1. The standard InChI is InChI=1S/C11H15NO2S/c1-7-6-10(15-8(7)2)12-11(13)9-4-3-5-14-9/h6,9H,3-5H2,1-2H3,(H,12,13). The Morgan fingerprint density at radius 2 is 2.40 bits per heavy atom. The van der Waals surface area contributed by atoms with Crippen LogP contribution in [-0.2, 0) is 9.53 Å². The topological polar surface area (TPSA) is 38.3 Å². The highest BCUT2D eigenvalue weighted by Gasteiger charge is 2.23. The van der Waals surface area contributed by atoms with Crippen molar-refractivity contribution in [2.24, 2.45) is 0 Å². The first-order chi connectivity index (χ1) is 7.16. The molecule has 2 heterocycles. The summed E-state index contributed by atoms with van der Waals surface area (Å²) in [5.74, 6) is -0.00579. The Morgan fingerprint density at radius 3 is 2.93 bits per heavy atom. The summed E-state index contributed by atoms with van der Waals surface area (Å²) in [6.45, 7) is 4.82. The third-order valence-electron chi connectivity index (χ3n) is 2.63. The zero-order valence-electron chi connectivity index (χ0n) is 9.00. The van der Waals surface area contributed by atoms with Crippen LogP contribution in [-0.4, -0.2) is 18.6 Å². The van der Waals surface area contributed by atoms with E-state index >= 15 is 0 Å². The molecule has 1 fully saturated rings. The molecule has 4 heteroatoms. The molecule has 15 heavy (non-hydrogen) atoms. The number of aryl methyl sites for hydroxylation is 2. The molecule has 1 amide bonds. The van der Waals surface area contributed by atoms with E-state index in [0.29, 0.717) is 6.61 Å². The van der Waals surface area contributed by atoms with E-state index in [2.05, 4.69) is 12.2 Å². The molecule has 0 aliphatic carbocycles. The van der Waals surface area contributed by atoms with Gasteiger partial charge in [-0.05, 0) is 38.3 Å². The molecule has 1 aromatic heterocycles. The minimum absolute atomic E-state index is 0.00579. The van der Waals surface area contributed by atoms with Crippen LogP contribution in [0.5, 0.6) is 0 Å². The van der Waals surface area contributed by atoms with Gasteiger partial charge in [-0.3, -0.25) is 4.79 Å². The van der Waals surface area contributed by atoms with E-state index in [1.807, 2.05) is 13.0 Å². The largest absolute Gasteiger partial charge is 0.368 e. The Labute approximate surface area is 93.4 Å². The normalized spacial score (nSPS) is 20.5. The molecule has 3 nitrogen and oxygen atoms in total. The summed E-state index contributed by atoms with van der Waals surface area (Å²) in [5, 5.41) is 3.82. The van der Waals surface area contributed by atoms with Crippen molar-refractivity contribution >= 4 is 22.2 Å². The molecule has 0 spiro atoms. The van der Waals surface area contributed by atoms with Gasteiger partial charge in [0.2, 0.25) is 0 Å². The fraction of sp³-hybridized carbons (Fsp3) is 0.545. The molecule has 1 saturated heterocycles. The summed E-state index contributed by atoms with van der Waals surface area (Å²) in [4.78, 5) is 13.0. The van der Waals surface area contributed by atoms with Gasteiger partial charge in [-0.15, -0.1) is 11.3 Å². The number of hydrogen-bond acceptors (Lipinski definition) is 3. The van der Waals surface area contributed by atoms with Crippen LogP contribution >= 0.6 is 11.3 Å². The smallest absolute Gasteiger partial charge is 0.254 e. The number of hydrogen-bond donors (Lipinski definition) is 1. The van der Waals surface area contributed by atoms with Crippen LogP contribution in [0, 0.1) is 13.8 Å². The van der Waals surface area contributed by atoms with E-state index in [-0.39, 0.29) is 12.0 Å². The Balaban J connectivity index is 1.99. The molecule has 1 atom stereocenters. The molecule has 0 saturated carbocycles. The highest BCUT2D eigenvalue weighted by Crippen LogP contribution is 2.26. The van der Waals surface area contributed by atoms with Gasteiger partial charge in [0.1, 0.15) is 6.10 Å². The second-order valence-electron chi connectivity index (χ2n) is 3.84. The average Bonchev–Trinajstić information content (AvgIpc) is 2.77. The van der Waals surface area contributed by atoms with E-state index in [1.165, 1.54) is 10.4 Å². The van der Waals surface area contributed by atoms with Gasteiger partial charge in [-0.25, -0.2) is 0 Å². The van der Waals surface area contributed by atoms with Crippen LogP contribution < -0.4 is 5.32 Å². The summed E-state index contributed by atoms with van der Waals surface area (Å²) in [6, 6.07) is 2.01. The summed E-state index contributed by atoms with van der Waals surface area (Å²) in [6.07, 6.45) is 1.59. The molecule has 0 aromatic carbocycles. The van der Waals surface area contributed by atoms with Crippen molar-refractivity contribution in [2.75, 3.05) is 11.9 Å². The van der Waals surface area contributed by atoms with Crippen LogP contribution in [0.2, 0.25) is 0 Å². The van der Waals surface area contributed by atoms with E-state index < -0.39 is 0 Å². The quantitative estimate of drug-likeness (QED) is 0.839. The lowest BCUT2D eigenvalue weighted by atomic mass is 10.2. The number of amides is 1. The number of carbonyl (C=O) groups excluding carboxylic acids is 1. The van der Waals surface area contributed by atoms with Crippen molar-refractivity contribution in [3.63, 3.8) is 0 Å². The molecule has 1 N–H and O–H groups in total. The zero-order chi connectivity index (χ0) is 10.8. The molecule has 1 aliphatic rings. The minimum atomic E-state index is -0.243. The number of carbonyl (C=O) groups is 1. The summed E-state index contributed by atoms with van der Waals surface area (Å²) >= 11 is 1.61. The second-order valence-corrected chi connectivity index (χ2v) is 5.10. The fourth-order valence-electron chi connectivity index (χ4n) is 1.62. The van der Waals surface area contributed by atoms with E-state index in [0.717, 1.165) is 17.8 Å².